The highest BCUT2D eigenvalue weighted by Gasteiger charge is 2.16. The Balaban J connectivity index is 2.69. The van der Waals surface area contributed by atoms with Crippen molar-refractivity contribution in [2.24, 2.45) is 0 Å². The zero-order valence-electron chi connectivity index (χ0n) is 12.1. The lowest BCUT2D eigenvalue weighted by Gasteiger charge is -2.26. The summed E-state index contributed by atoms with van der Waals surface area (Å²) in [5.74, 6) is -0.0106. The van der Waals surface area contributed by atoms with Crippen LogP contribution in [0.1, 0.15) is 40.5 Å². The Kier molecular flexibility index (Phi) is 6.27. The molecule has 19 heavy (non-hydrogen) atoms. The fourth-order valence-electron chi connectivity index (χ4n) is 1.69. The van der Waals surface area contributed by atoms with Crippen molar-refractivity contribution in [1.82, 2.24) is 5.32 Å². The van der Waals surface area contributed by atoms with E-state index >= 15 is 0 Å². The second kappa shape index (κ2) is 7.25. The number of hydrogen-bond acceptors (Lipinski definition) is 2. The molecule has 0 heterocycles. The van der Waals surface area contributed by atoms with Crippen molar-refractivity contribution in [2.45, 2.75) is 52.2 Å². The molecular weight excluding hydrogens is 309 g/mol. The van der Waals surface area contributed by atoms with Crippen LogP contribution in [-0.4, -0.2) is 18.2 Å². The summed E-state index contributed by atoms with van der Waals surface area (Å²) >= 11 is 3.33. The molecule has 0 aromatic heterocycles. The van der Waals surface area contributed by atoms with E-state index in [1.165, 1.54) is 6.07 Å². The Bertz CT molecular complexity index is 404. The van der Waals surface area contributed by atoms with Gasteiger partial charge in [-0.2, -0.15) is 0 Å². The van der Waals surface area contributed by atoms with Crippen LogP contribution >= 0.6 is 15.9 Å². The summed E-state index contributed by atoms with van der Waals surface area (Å²) in [6, 6.07) is 4.76. The lowest BCUT2D eigenvalue weighted by molar-refractivity contribution is 0.168. The number of benzene rings is 1. The Labute approximate surface area is 123 Å². The predicted octanol–water partition coefficient (Wildman–Crippen LogP) is 4.52. The SMILES string of the molecule is CCCC(CNC(C)(C)C)Oc1cc(Br)ccc1F. The fraction of sp³-hybridized carbons (Fsp3) is 0.600. The van der Waals surface area contributed by atoms with Crippen molar-refractivity contribution < 1.29 is 9.13 Å². The monoisotopic (exact) mass is 331 g/mol. The van der Waals surface area contributed by atoms with Gasteiger partial charge in [0.1, 0.15) is 6.10 Å². The van der Waals surface area contributed by atoms with Gasteiger partial charge in [0.25, 0.3) is 0 Å². The number of ether oxygens (including phenoxy) is 1. The minimum atomic E-state index is -0.319. The lowest BCUT2D eigenvalue weighted by Crippen LogP contribution is -2.42. The van der Waals surface area contributed by atoms with Gasteiger partial charge < -0.3 is 10.1 Å². The van der Waals surface area contributed by atoms with Gasteiger partial charge in [0.15, 0.2) is 11.6 Å². The fourth-order valence-corrected chi connectivity index (χ4v) is 2.03. The third-order valence-corrected chi connectivity index (χ3v) is 3.15. The molecule has 108 valence electrons. The Hall–Kier alpha value is -0.610. The quantitative estimate of drug-likeness (QED) is 0.827. The maximum atomic E-state index is 13.7. The third kappa shape index (κ3) is 6.39. The van der Waals surface area contributed by atoms with Crippen molar-refractivity contribution in [3.8, 4) is 5.75 Å². The van der Waals surface area contributed by atoms with Gasteiger partial charge in [0, 0.05) is 16.6 Å². The molecule has 1 unspecified atom stereocenters. The molecule has 0 radical (unpaired) electrons. The summed E-state index contributed by atoms with van der Waals surface area (Å²) < 4.78 is 20.3. The highest BCUT2D eigenvalue weighted by atomic mass is 79.9. The minimum Gasteiger partial charge on any atom is -0.486 e. The van der Waals surface area contributed by atoms with Crippen LogP contribution in [0.2, 0.25) is 0 Å². The first kappa shape index (κ1) is 16.4. The molecule has 1 aromatic rings. The highest BCUT2D eigenvalue weighted by molar-refractivity contribution is 9.10. The highest BCUT2D eigenvalue weighted by Crippen LogP contribution is 2.24. The van der Waals surface area contributed by atoms with Crippen molar-refractivity contribution in [2.75, 3.05) is 6.54 Å². The summed E-state index contributed by atoms with van der Waals surface area (Å²) in [7, 11) is 0. The van der Waals surface area contributed by atoms with Crippen molar-refractivity contribution >= 4 is 15.9 Å². The van der Waals surface area contributed by atoms with Gasteiger partial charge in [-0.15, -0.1) is 0 Å². The summed E-state index contributed by atoms with van der Waals surface area (Å²) in [6.07, 6.45) is 1.88. The van der Waals surface area contributed by atoms with E-state index in [4.69, 9.17) is 4.74 Å². The third-order valence-electron chi connectivity index (χ3n) is 2.66. The molecule has 1 atom stereocenters. The maximum absolute atomic E-state index is 13.7. The second-order valence-electron chi connectivity index (χ2n) is 5.73. The van der Waals surface area contributed by atoms with Gasteiger partial charge in [-0.1, -0.05) is 29.3 Å². The summed E-state index contributed by atoms with van der Waals surface area (Å²) in [5, 5.41) is 3.40. The molecule has 0 aliphatic carbocycles. The van der Waals surface area contributed by atoms with Crippen LogP contribution in [0, 0.1) is 5.82 Å². The Morgan fingerprint density at radius 1 is 1.37 bits per heavy atom. The molecule has 0 spiro atoms. The van der Waals surface area contributed by atoms with Gasteiger partial charge in [-0.3, -0.25) is 0 Å². The average Bonchev–Trinajstić information content (AvgIpc) is 2.30. The van der Waals surface area contributed by atoms with E-state index in [-0.39, 0.29) is 17.5 Å². The average molecular weight is 332 g/mol. The maximum Gasteiger partial charge on any atom is 0.165 e. The normalized spacial score (nSPS) is 13.4. The van der Waals surface area contributed by atoms with Gasteiger partial charge in [-0.25, -0.2) is 4.39 Å². The van der Waals surface area contributed by atoms with Crippen LogP contribution in [-0.2, 0) is 0 Å². The van der Waals surface area contributed by atoms with Crippen LogP contribution < -0.4 is 10.1 Å². The molecule has 0 aliphatic rings. The Morgan fingerprint density at radius 2 is 2.05 bits per heavy atom. The van der Waals surface area contributed by atoms with Gasteiger partial charge in [-0.05, 0) is 45.4 Å². The van der Waals surface area contributed by atoms with Crippen LogP contribution in [0.15, 0.2) is 22.7 Å². The van der Waals surface area contributed by atoms with Gasteiger partial charge in [0.05, 0.1) is 0 Å². The molecule has 1 N–H and O–H groups in total. The first-order chi connectivity index (χ1) is 8.81. The second-order valence-corrected chi connectivity index (χ2v) is 6.65. The van der Waals surface area contributed by atoms with Crippen LogP contribution in [0.3, 0.4) is 0 Å². The van der Waals surface area contributed by atoms with Crippen molar-refractivity contribution in [3.63, 3.8) is 0 Å². The molecule has 0 bridgehead atoms. The van der Waals surface area contributed by atoms with Gasteiger partial charge >= 0.3 is 0 Å². The standard InChI is InChI=1S/C15H23BrFNO/c1-5-6-12(10-18-15(2,3)4)19-14-9-11(16)7-8-13(14)17/h7-9,12,18H,5-6,10H2,1-4H3. The topological polar surface area (TPSA) is 21.3 Å². The number of halogens is 2. The molecule has 0 aliphatic heterocycles. The van der Waals surface area contributed by atoms with E-state index in [1.54, 1.807) is 12.1 Å². The largest absolute Gasteiger partial charge is 0.486 e. The van der Waals surface area contributed by atoms with Crippen LogP contribution in [0.25, 0.3) is 0 Å². The molecule has 0 fully saturated rings. The number of hydrogen-bond donors (Lipinski definition) is 1. The van der Waals surface area contributed by atoms with E-state index in [0.717, 1.165) is 17.3 Å². The first-order valence-electron chi connectivity index (χ1n) is 6.68. The zero-order chi connectivity index (χ0) is 14.5. The minimum absolute atomic E-state index is 0.0203. The smallest absolute Gasteiger partial charge is 0.165 e. The summed E-state index contributed by atoms with van der Waals surface area (Å²) in [4.78, 5) is 0. The van der Waals surface area contributed by atoms with E-state index in [0.29, 0.717) is 12.3 Å². The van der Waals surface area contributed by atoms with E-state index in [2.05, 4.69) is 48.9 Å². The summed E-state index contributed by atoms with van der Waals surface area (Å²) in [6.45, 7) is 9.13. The van der Waals surface area contributed by atoms with E-state index in [1.807, 2.05) is 0 Å². The van der Waals surface area contributed by atoms with E-state index < -0.39 is 0 Å². The van der Waals surface area contributed by atoms with Crippen LogP contribution in [0.5, 0.6) is 5.75 Å². The molecule has 0 amide bonds. The summed E-state index contributed by atoms with van der Waals surface area (Å²) in [5.41, 5.74) is 0.0329. The van der Waals surface area contributed by atoms with Crippen LogP contribution in [0.4, 0.5) is 4.39 Å². The molecule has 4 heteroatoms. The molecule has 0 saturated heterocycles. The van der Waals surface area contributed by atoms with Crippen molar-refractivity contribution in [1.29, 1.82) is 0 Å². The number of nitrogens with one attached hydrogen (secondary N) is 1. The zero-order valence-corrected chi connectivity index (χ0v) is 13.7. The predicted molar refractivity (Wildman–Crippen MR) is 81.2 cm³/mol. The first-order valence-corrected chi connectivity index (χ1v) is 7.48. The lowest BCUT2D eigenvalue weighted by atomic mass is 10.1. The molecule has 1 rings (SSSR count). The van der Waals surface area contributed by atoms with E-state index in [9.17, 15) is 4.39 Å². The molecular formula is C15H23BrFNO. The van der Waals surface area contributed by atoms with Gasteiger partial charge in [0.2, 0.25) is 0 Å². The van der Waals surface area contributed by atoms with Crippen molar-refractivity contribution in [3.05, 3.63) is 28.5 Å². The molecule has 1 aromatic carbocycles. The molecule has 0 saturated carbocycles. The Morgan fingerprint density at radius 3 is 2.63 bits per heavy atom. The molecule has 2 nitrogen and oxygen atoms in total. The number of rotatable bonds is 6.